The van der Waals surface area contributed by atoms with E-state index in [0.29, 0.717) is 5.69 Å². The van der Waals surface area contributed by atoms with E-state index in [1.165, 1.54) is 0 Å². The molecule has 0 radical (unpaired) electrons. The molecule has 5 nitrogen and oxygen atoms in total. The van der Waals surface area contributed by atoms with Crippen LogP contribution in [0.5, 0.6) is 0 Å². The van der Waals surface area contributed by atoms with Gasteiger partial charge in [0.15, 0.2) is 0 Å². The molecule has 1 atom stereocenters. The zero-order valence-corrected chi connectivity index (χ0v) is 9.78. The number of aryl methyl sites for hydroxylation is 1. The molecular weight excluding hydrogens is 218 g/mol. The molecule has 2 heterocycles. The van der Waals surface area contributed by atoms with Gasteiger partial charge in [0, 0.05) is 12.1 Å². The van der Waals surface area contributed by atoms with E-state index in [4.69, 9.17) is 0 Å². The number of rotatable bonds is 2. The molecule has 0 bridgehead atoms. The topological polar surface area (TPSA) is 67.1 Å². The van der Waals surface area contributed by atoms with Crippen LogP contribution in [0.4, 0.5) is 0 Å². The molecule has 1 unspecified atom stereocenters. The summed E-state index contributed by atoms with van der Waals surface area (Å²) in [5.41, 5.74) is 2.43. The van der Waals surface area contributed by atoms with Gasteiger partial charge in [0.05, 0.1) is 11.7 Å². The van der Waals surface area contributed by atoms with E-state index >= 15 is 0 Å². The predicted octanol–water partition coefficient (Wildman–Crippen LogP) is 0.994. The van der Waals surface area contributed by atoms with E-state index in [1.54, 1.807) is 4.68 Å². The normalized spacial score (nSPS) is 23.6. The maximum absolute atomic E-state index is 11.4. The van der Waals surface area contributed by atoms with Gasteiger partial charge in [-0.25, -0.2) is 4.79 Å². The first-order valence-corrected chi connectivity index (χ1v) is 6.31. The third-order valence-electron chi connectivity index (χ3n) is 3.76. The molecule has 1 aromatic heterocycles. The van der Waals surface area contributed by atoms with Gasteiger partial charge in [0.2, 0.25) is 0 Å². The van der Waals surface area contributed by atoms with Crippen molar-refractivity contribution in [3.8, 4) is 0 Å². The van der Waals surface area contributed by atoms with Crippen molar-refractivity contribution in [3.05, 3.63) is 17.0 Å². The summed E-state index contributed by atoms with van der Waals surface area (Å²) < 4.78 is 1.76. The van der Waals surface area contributed by atoms with E-state index in [9.17, 15) is 9.90 Å². The Morgan fingerprint density at radius 1 is 1.41 bits per heavy atom. The molecule has 1 saturated heterocycles. The molecule has 0 amide bonds. The Bertz CT molecular complexity index is 447. The van der Waals surface area contributed by atoms with Gasteiger partial charge in [-0.15, -0.1) is 0 Å². The standard InChI is InChI=1S/C12H17N3O2/c16-12(17)11-9-3-1-2-4-10(9)14-15(11)8-5-6-13-7-8/h8,13H,1-7H2,(H,16,17). The van der Waals surface area contributed by atoms with Crippen LogP contribution in [0.1, 0.15) is 47.1 Å². The van der Waals surface area contributed by atoms with Crippen LogP contribution >= 0.6 is 0 Å². The first-order valence-electron chi connectivity index (χ1n) is 6.31. The molecular formula is C12H17N3O2. The van der Waals surface area contributed by atoms with Gasteiger partial charge in [-0.1, -0.05) is 0 Å². The molecule has 0 aromatic carbocycles. The first-order chi connectivity index (χ1) is 8.27. The minimum Gasteiger partial charge on any atom is -0.477 e. The molecule has 1 aromatic rings. The highest BCUT2D eigenvalue weighted by Crippen LogP contribution is 2.27. The zero-order valence-electron chi connectivity index (χ0n) is 9.78. The van der Waals surface area contributed by atoms with Crippen LogP contribution in [0.25, 0.3) is 0 Å². The highest BCUT2D eigenvalue weighted by Gasteiger charge is 2.29. The van der Waals surface area contributed by atoms with Crippen LogP contribution in [0.3, 0.4) is 0 Å². The lowest BCUT2D eigenvalue weighted by Crippen LogP contribution is -2.19. The number of aromatic nitrogens is 2. The quantitative estimate of drug-likeness (QED) is 0.802. The molecule has 2 N–H and O–H groups in total. The molecule has 92 valence electrons. The average Bonchev–Trinajstić information content (AvgIpc) is 2.95. The summed E-state index contributed by atoms with van der Waals surface area (Å²) in [6, 6.07) is 0.215. The lowest BCUT2D eigenvalue weighted by atomic mass is 9.96. The number of nitrogens with zero attached hydrogens (tertiary/aromatic N) is 2. The third-order valence-corrected chi connectivity index (χ3v) is 3.76. The SMILES string of the molecule is O=C(O)c1c2c(nn1C1CCNC1)CCCC2. The van der Waals surface area contributed by atoms with Gasteiger partial charge in [-0.05, 0) is 38.6 Å². The fourth-order valence-electron chi connectivity index (χ4n) is 2.91. The van der Waals surface area contributed by atoms with Crippen molar-refractivity contribution in [2.24, 2.45) is 0 Å². The van der Waals surface area contributed by atoms with Crippen molar-refractivity contribution in [2.75, 3.05) is 13.1 Å². The fourth-order valence-corrected chi connectivity index (χ4v) is 2.91. The highest BCUT2D eigenvalue weighted by molar-refractivity contribution is 5.88. The Hall–Kier alpha value is -1.36. The third kappa shape index (κ3) is 1.74. The van der Waals surface area contributed by atoms with Gasteiger partial charge in [0.25, 0.3) is 0 Å². The van der Waals surface area contributed by atoms with Crippen molar-refractivity contribution in [1.82, 2.24) is 15.1 Å². The number of hydrogen-bond donors (Lipinski definition) is 2. The maximum Gasteiger partial charge on any atom is 0.354 e. The number of carboxylic acids is 1. The molecule has 0 spiro atoms. The van der Waals surface area contributed by atoms with E-state index in [1.807, 2.05) is 0 Å². The molecule has 1 fully saturated rings. The average molecular weight is 235 g/mol. The molecule has 2 aliphatic rings. The van der Waals surface area contributed by atoms with Crippen LogP contribution in [0, 0.1) is 0 Å². The molecule has 17 heavy (non-hydrogen) atoms. The number of nitrogens with one attached hydrogen (secondary N) is 1. The smallest absolute Gasteiger partial charge is 0.354 e. The monoisotopic (exact) mass is 235 g/mol. The Labute approximate surface area is 99.8 Å². The Balaban J connectivity index is 2.06. The second kappa shape index (κ2) is 4.14. The molecule has 1 aliphatic heterocycles. The van der Waals surface area contributed by atoms with Gasteiger partial charge < -0.3 is 10.4 Å². The molecule has 3 rings (SSSR count). The van der Waals surface area contributed by atoms with Crippen molar-refractivity contribution in [2.45, 2.75) is 38.1 Å². The van der Waals surface area contributed by atoms with E-state index in [2.05, 4.69) is 10.4 Å². The number of aromatic carboxylic acids is 1. The summed E-state index contributed by atoms with van der Waals surface area (Å²) in [4.78, 5) is 11.4. The fraction of sp³-hybridized carbons (Fsp3) is 0.667. The van der Waals surface area contributed by atoms with Crippen LogP contribution in [0.2, 0.25) is 0 Å². The molecule has 5 heteroatoms. The number of hydrogen-bond acceptors (Lipinski definition) is 3. The first kappa shape index (κ1) is 10.8. The highest BCUT2D eigenvalue weighted by atomic mass is 16.4. The summed E-state index contributed by atoms with van der Waals surface area (Å²) in [7, 11) is 0. The summed E-state index contributed by atoms with van der Waals surface area (Å²) in [5, 5.41) is 17.2. The van der Waals surface area contributed by atoms with Gasteiger partial charge in [-0.2, -0.15) is 5.10 Å². The Morgan fingerprint density at radius 3 is 2.94 bits per heavy atom. The summed E-state index contributed by atoms with van der Waals surface area (Å²) in [6.07, 6.45) is 4.99. The summed E-state index contributed by atoms with van der Waals surface area (Å²) >= 11 is 0. The minimum atomic E-state index is -0.826. The van der Waals surface area contributed by atoms with Gasteiger partial charge in [-0.3, -0.25) is 4.68 Å². The maximum atomic E-state index is 11.4. The molecule has 0 saturated carbocycles. The Morgan fingerprint density at radius 2 is 2.24 bits per heavy atom. The van der Waals surface area contributed by atoms with E-state index in [-0.39, 0.29) is 6.04 Å². The van der Waals surface area contributed by atoms with E-state index < -0.39 is 5.97 Å². The van der Waals surface area contributed by atoms with Crippen molar-refractivity contribution in [1.29, 1.82) is 0 Å². The minimum absolute atomic E-state index is 0.215. The number of carboxylic acid groups (broad SMARTS) is 1. The largest absolute Gasteiger partial charge is 0.477 e. The van der Waals surface area contributed by atoms with Gasteiger partial charge in [0.1, 0.15) is 5.69 Å². The predicted molar refractivity (Wildman–Crippen MR) is 62.4 cm³/mol. The van der Waals surface area contributed by atoms with Crippen LogP contribution in [-0.4, -0.2) is 33.9 Å². The van der Waals surface area contributed by atoms with Crippen LogP contribution in [0.15, 0.2) is 0 Å². The van der Waals surface area contributed by atoms with E-state index in [0.717, 1.165) is 56.5 Å². The van der Waals surface area contributed by atoms with Gasteiger partial charge >= 0.3 is 5.97 Å². The molecule has 1 aliphatic carbocycles. The summed E-state index contributed by atoms with van der Waals surface area (Å²) in [5.74, 6) is -0.826. The van der Waals surface area contributed by atoms with Crippen molar-refractivity contribution >= 4 is 5.97 Å². The lowest BCUT2D eigenvalue weighted by molar-refractivity contribution is 0.0679. The van der Waals surface area contributed by atoms with Crippen LogP contribution in [-0.2, 0) is 12.8 Å². The van der Waals surface area contributed by atoms with Crippen LogP contribution < -0.4 is 5.32 Å². The van der Waals surface area contributed by atoms with Crippen molar-refractivity contribution < 1.29 is 9.90 Å². The second-order valence-electron chi connectivity index (χ2n) is 4.88. The number of carbonyl (C=O) groups is 1. The number of fused-ring (bicyclic) bond motifs is 1. The lowest BCUT2D eigenvalue weighted by Gasteiger charge is -2.12. The zero-order chi connectivity index (χ0) is 11.8. The Kier molecular flexibility index (Phi) is 2.63. The second-order valence-corrected chi connectivity index (χ2v) is 4.88. The van der Waals surface area contributed by atoms with Crippen molar-refractivity contribution in [3.63, 3.8) is 0 Å². The summed E-state index contributed by atoms with van der Waals surface area (Å²) in [6.45, 7) is 1.79.